The normalized spacial score (nSPS) is 18.8. The van der Waals surface area contributed by atoms with Crippen molar-refractivity contribution in [2.75, 3.05) is 0 Å². The van der Waals surface area contributed by atoms with Gasteiger partial charge in [0.1, 0.15) is 0 Å². The number of aromatic nitrogens is 1. The molecule has 41 heavy (non-hydrogen) atoms. The van der Waals surface area contributed by atoms with Crippen LogP contribution in [0.2, 0.25) is 0 Å². The van der Waals surface area contributed by atoms with Crippen LogP contribution >= 0.6 is 0 Å². The fraction of sp³-hybridized carbons (Fsp3) is 0.243. The van der Waals surface area contributed by atoms with Crippen molar-refractivity contribution in [2.24, 2.45) is 0 Å². The maximum atomic E-state index is 6.43. The predicted molar refractivity (Wildman–Crippen MR) is 172 cm³/mol. The van der Waals surface area contributed by atoms with Gasteiger partial charge in [0.15, 0.2) is 0 Å². The highest BCUT2D eigenvalue weighted by atomic mass is 16.7. The molecule has 5 aromatic carbocycles. The van der Waals surface area contributed by atoms with Gasteiger partial charge in [0.25, 0.3) is 0 Å². The van der Waals surface area contributed by atoms with E-state index >= 15 is 0 Å². The zero-order valence-electron chi connectivity index (χ0n) is 24.4. The van der Waals surface area contributed by atoms with Crippen LogP contribution in [0.25, 0.3) is 60.0 Å². The van der Waals surface area contributed by atoms with E-state index in [1.807, 2.05) is 0 Å². The molecule has 0 N–H and O–H groups in total. The molecule has 200 valence electrons. The largest absolute Gasteiger partial charge is 0.494 e. The second kappa shape index (κ2) is 7.31. The smallest absolute Gasteiger partial charge is 0.399 e. The summed E-state index contributed by atoms with van der Waals surface area (Å²) in [6.45, 7) is 13.2. The van der Waals surface area contributed by atoms with E-state index in [2.05, 4.69) is 131 Å². The van der Waals surface area contributed by atoms with Crippen LogP contribution < -0.4 is 5.46 Å². The number of nitrogens with zero attached hydrogens (tertiary/aromatic N) is 1. The van der Waals surface area contributed by atoms with Crippen molar-refractivity contribution < 1.29 is 9.31 Å². The molecule has 0 saturated carbocycles. The summed E-state index contributed by atoms with van der Waals surface area (Å²) in [5, 5.41) is 7.99. The van der Waals surface area contributed by atoms with Crippen LogP contribution in [-0.4, -0.2) is 22.7 Å². The third-order valence-electron chi connectivity index (χ3n) is 10.5. The lowest BCUT2D eigenvalue weighted by molar-refractivity contribution is 0.00578. The van der Waals surface area contributed by atoms with Crippen LogP contribution in [-0.2, 0) is 14.7 Å². The predicted octanol–water partition coefficient (Wildman–Crippen LogP) is 8.60. The molecule has 0 unspecified atom stereocenters. The van der Waals surface area contributed by atoms with Crippen molar-refractivity contribution in [1.29, 1.82) is 0 Å². The zero-order chi connectivity index (χ0) is 28.1. The summed E-state index contributed by atoms with van der Waals surface area (Å²) in [7, 11) is -0.366. The summed E-state index contributed by atoms with van der Waals surface area (Å²) < 4.78 is 15.3. The molecule has 0 amide bonds. The zero-order valence-corrected chi connectivity index (χ0v) is 24.4. The van der Waals surface area contributed by atoms with Gasteiger partial charge in [-0.2, -0.15) is 0 Å². The van der Waals surface area contributed by atoms with Gasteiger partial charge in [-0.25, -0.2) is 0 Å². The van der Waals surface area contributed by atoms with Gasteiger partial charge in [-0.05, 0) is 78.3 Å². The third-order valence-corrected chi connectivity index (χ3v) is 10.5. The van der Waals surface area contributed by atoms with E-state index in [0.717, 1.165) is 5.46 Å². The minimum Gasteiger partial charge on any atom is -0.399 e. The molecule has 1 saturated heterocycles. The molecular weight excluding hydrogens is 501 g/mol. The fourth-order valence-corrected chi connectivity index (χ4v) is 7.81. The van der Waals surface area contributed by atoms with E-state index in [-0.39, 0.29) is 23.7 Å². The van der Waals surface area contributed by atoms with Gasteiger partial charge >= 0.3 is 7.12 Å². The van der Waals surface area contributed by atoms with E-state index in [0.29, 0.717) is 0 Å². The second-order valence-corrected chi connectivity index (χ2v) is 13.6. The van der Waals surface area contributed by atoms with Gasteiger partial charge < -0.3 is 13.7 Å². The Morgan fingerprint density at radius 3 is 2.07 bits per heavy atom. The molecule has 3 heterocycles. The Bertz CT molecular complexity index is 2240. The lowest BCUT2D eigenvalue weighted by Gasteiger charge is -2.32. The standard InChI is InChI=1S/C37H32BNO2/c1-35(2)29-20-21(38-40-36(3,4)37(5,6)41-38)14-15-22(29)25-17-16-24-26(33(25)35)18-19-31-32(24)28-12-9-11-27-23-10-7-8-13-30(23)39(31)34(27)28/h7-20H,1-6H3. The number of hydrogen-bond acceptors (Lipinski definition) is 2. The molecular formula is C37H32BNO2. The Labute approximate surface area is 240 Å². The molecule has 1 aliphatic heterocycles. The van der Waals surface area contributed by atoms with Crippen molar-refractivity contribution in [3.8, 4) is 11.1 Å². The number of hydrogen-bond donors (Lipinski definition) is 0. The Hall–Kier alpha value is -3.86. The van der Waals surface area contributed by atoms with Crippen molar-refractivity contribution in [3.05, 3.63) is 96.1 Å². The highest BCUT2D eigenvalue weighted by Crippen LogP contribution is 2.53. The molecule has 1 fully saturated rings. The molecule has 0 radical (unpaired) electrons. The number of rotatable bonds is 1. The molecule has 2 aliphatic rings. The Morgan fingerprint density at radius 1 is 0.585 bits per heavy atom. The van der Waals surface area contributed by atoms with Gasteiger partial charge in [-0.15, -0.1) is 0 Å². The molecule has 0 atom stereocenters. The highest BCUT2D eigenvalue weighted by Gasteiger charge is 2.52. The van der Waals surface area contributed by atoms with Crippen LogP contribution in [0.4, 0.5) is 0 Å². The summed E-state index contributed by atoms with van der Waals surface area (Å²) in [5.41, 5.74) is 9.48. The van der Waals surface area contributed by atoms with Gasteiger partial charge in [-0.3, -0.25) is 0 Å². The molecule has 2 aromatic heterocycles. The van der Waals surface area contributed by atoms with E-state index in [1.54, 1.807) is 0 Å². The first-order chi connectivity index (χ1) is 19.6. The molecule has 0 spiro atoms. The minimum absolute atomic E-state index is 0.162. The van der Waals surface area contributed by atoms with Crippen molar-refractivity contribution in [2.45, 2.75) is 58.2 Å². The van der Waals surface area contributed by atoms with Crippen molar-refractivity contribution in [3.63, 3.8) is 0 Å². The monoisotopic (exact) mass is 533 g/mol. The molecule has 4 heteroatoms. The first-order valence-corrected chi connectivity index (χ1v) is 14.7. The Kier molecular flexibility index (Phi) is 4.25. The van der Waals surface area contributed by atoms with E-state index < -0.39 is 0 Å². The molecule has 7 aromatic rings. The first-order valence-electron chi connectivity index (χ1n) is 14.7. The van der Waals surface area contributed by atoms with E-state index in [1.165, 1.54) is 71.1 Å². The Balaban J connectivity index is 1.28. The molecule has 1 aliphatic carbocycles. The van der Waals surface area contributed by atoms with Crippen molar-refractivity contribution in [1.82, 2.24) is 4.40 Å². The number of fused-ring (bicyclic) bond motifs is 12. The summed E-state index contributed by atoms with van der Waals surface area (Å²) in [4.78, 5) is 0. The lowest BCUT2D eigenvalue weighted by atomic mass is 9.74. The Morgan fingerprint density at radius 2 is 1.27 bits per heavy atom. The van der Waals surface area contributed by atoms with Crippen LogP contribution in [0.1, 0.15) is 52.7 Å². The quantitative estimate of drug-likeness (QED) is 0.197. The first kappa shape index (κ1) is 23.8. The fourth-order valence-electron chi connectivity index (χ4n) is 7.81. The summed E-state index contributed by atoms with van der Waals surface area (Å²) in [5.74, 6) is 0. The topological polar surface area (TPSA) is 22.9 Å². The maximum Gasteiger partial charge on any atom is 0.494 e. The number of benzene rings is 5. The van der Waals surface area contributed by atoms with Gasteiger partial charge in [0.2, 0.25) is 0 Å². The van der Waals surface area contributed by atoms with E-state index in [9.17, 15) is 0 Å². The van der Waals surface area contributed by atoms with E-state index in [4.69, 9.17) is 9.31 Å². The average molecular weight is 533 g/mol. The summed E-state index contributed by atoms with van der Waals surface area (Å²) >= 11 is 0. The average Bonchev–Trinajstić information content (AvgIpc) is 3.61. The van der Waals surface area contributed by atoms with Gasteiger partial charge in [0.05, 0.1) is 27.8 Å². The van der Waals surface area contributed by atoms with Crippen molar-refractivity contribution >= 4 is 61.4 Å². The van der Waals surface area contributed by atoms with Crippen LogP contribution in [0.3, 0.4) is 0 Å². The maximum absolute atomic E-state index is 6.43. The van der Waals surface area contributed by atoms with Gasteiger partial charge in [0, 0.05) is 27.0 Å². The van der Waals surface area contributed by atoms with Gasteiger partial charge in [-0.1, -0.05) is 86.6 Å². The van der Waals surface area contributed by atoms with Crippen LogP contribution in [0.15, 0.2) is 84.9 Å². The second-order valence-electron chi connectivity index (χ2n) is 13.6. The summed E-state index contributed by atoms with van der Waals surface area (Å²) in [6, 6.07) is 31.8. The molecule has 3 nitrogen and oxygen atoms in total. The SMILES string of the molecule is CC1(C)c2cc(B3OC(C)(C)C(C)(C)O3)ccc2-c2ccc3c(ccc4c3c3cccc5c6ccccc6n4c53)c21. The minimum atomic E-state index is -0.366. The number of para-hydroxylation sites is 2. The lowest BCUT2D eigenvalue weighted by Crippen LogP contribution is -2.41. The third kappa shape index (κ3) is 2.78. The van der Waals surface area contributed by atoms with Crippen LogP contribution in [0, 0.1) is 0 Å². The van der Waals surface area contributed by atoms with Crippen LogP contribution in [0.5, 0.6) is 0 Å². The summed E-state index contributed by atoms with van der Waals surface area (Å²) in [6.07, 6.45) is 0. The highest BCUT2D eigenvalue weighted by molar-refractivity contribution is 6.62. The molecule has 0 bridgehead atoms. The molecule has 9 rings (SSSR count).